The zero-order valence-electron chi connectivity index (χ0n) is 14.5. The fourth-order valence-electron chi connectivity index (χ4n) is 2.56. The summed E-state index contributed by atoms with van der Waals surface area (Å²) >= 11 is 5.98. The quantitative estimate of drug-likeness (QED) is 0.646. The molecule has 0 spiro atoms. The monoisotopic (exact) mass is 356 g/mol. The third kappa shape index (κ3) is 4.12. The first-order chi connectivity index (χ1) is 11.8. The van der Waals surface area contributed by atoms with Crippen molar-refractivity contribution in [3.05, 3.63) is 58.9 Å². The molecule has 1 heterocycles. The Morgan fingerprint density at radius 1 is 1.20 bits per heavy atom. The van der Waals surface area contributed by atoms with Crippen LogP contribution in [-0.4, -0.2) is 21.4 Å². The van der Waals surface area contributed by atoms with Crippen LogP contribution in [0.4, 0.5) is 5.69 Å². The molecule has 0 saturated heterocycles. The Morgan fingerprint density at radius 2 is 1.92 bits per heavy atom. The lowest BCUT2D eigenvalue weighted by Gasteiger charge is -2.26. The van der Waals surface area contributed by atoms with Crippen molar-refractivity contribution < 1.29 is 4.79 Å². The lowest BCUT2D eigenvalue weighted by Crippen LogP contribution is -2.47. The number of aromatic nitrogens is 2. The fourth-order valence-corrected chi connectivity index (χ4v) is 2.73. The summed E-state index contributed by atoms with van der Waals surface area (Å²) in [6.45, 7) is 6.05. The van der Waals surface area contributed by atoms with Crippen LogP contribution in [0.1, 0.15) is 25.2 Å². The van der Waals surface area contributed by atoms with Crippen LogP contribution >= 0.6 is 11.6 Å². The van der Waals surface area contributed by atoms with Gasteiger partial charge in [-0.25, -0.2) is 4.98 Å². The first-order valence-electron chi connectivity index (χ1n) is 8.11. The summed E-state index contributed by atoms with van der Waals surface area (Å²) in [5.74, 6) is 0.586. The number of carbonyl (C=O) groups is 1. The molecule has 0 aliphatic heterocycles. The molecule has 2 aromatic carbocycles. The van der Waals surface area contributed by atoms with Crippen LogP contribution < -0.4 is 10.6 Å². The second kappa shape index (κ2) is 6.76. The Hall–Kier alpha value is -2.53. The van der Waals surface area contributed by atoms with Crippen LogP contribution in [0.2, 0.25) is 5.02 Å². The molecule has 0 aliphatic carbocycles. The summed E-state index contributed by atoms with van der Waals surface area (Å²) in [5.41, 5.74) is 3.02. The zero-order chi connectivity index (χ0) is 18.0. The Morgan fingerprint density at radius 3 is 2.64 bits per heavy atom. The molecule has 0 radical (unpaired) electrons. The van der Waals surface area contributed by atoms with E-state index in [9.17, 15) is 4.79 Å². The van der Waals surface area contributed by atoms with Crippen LogP contribution in [0.3, 0.4) is 0 Å². The molecule has 0 aliphatic rings. The van der Waals surface area contributed by atoms with Crippen molar-refractivity contribution >= 4 is 34.2 Å². The largest absolute Gasteiger partial charge is 0.372 e. The average molecular weight is 357 g/mol. The summed E-state index contributed by atoms with van der Waals surface area (Å²) in [6, 6.07) is 13.4. The molecule has 0 atom stereocenters. The molecule has 1 aromatic heterocycles. The topological polar surface area (TPSA) is 69.8 Å². The van der Waals surface area contributed by atoms with Gasteiger partial charge in [-0.2, -0.15) is 0 Å². The number of H-pyrrole nitrogens is 1. The molecule has 130 valence electrons. The van der Waals surface area contributed by atoms with Gasteiger partial charge in [-0.15, -0.1) is 0 Å². The Balaban J connectivity index is 1.64. The number of hydrogen-bond donors (Lipinski definition) is 3. The SMILES string of the molecule is Cc1ccc(NC(C)(C)C(=O)NCc2nc3ccc(Cl)cc3[nH]2)cc1. The molecule has 5 nitrogen and oxygen atoms in total. The number of rotatable bonds is 5. The smallest absolute Gasteiger partial charge is 0.245 e. The van der Waals surface area contributed by atoms with Gasteiger partial charge in [0.1, 0.15) is 11.4 Å². The highest BCUT2D eigenvalue weighted by molar-refractivity contribution is 6.31. The summed E-state index contributed by atoms with van der Waals surface area (Å²) in [5, 5.41) is 6.82. The molecule has 3 aromatic rings. The van der Waals surface area contributed by atoms with Gasteiger partial charge in [0.25, 0.3) is 0 Å². The molecule has 0 bridgehead atoms. The van der Waals surface area contributed by atoms with E-state index in [4.69, 9.17) is 11.6 Å². The molecule has 0 unspecified atom stereocenters. The van der Waals surface area contributed by atoms with Crippen LogP contribution in [0.15, 0.2) is 42.5 Å². The number of hydrogen-bond acceptors (Lipinski definition) is 3. The molecule has 0 saturated carbocycles. The number of amides is 1. The van der Waals surface area contributed by atoms with Crippen molar-refractivity contribution in [1.82, 2.24) is 15.3 Å². The van der Waals surface area contributed by atoms with Crippen molar-refractivity contribution in [3.63, 3.8) is 0 Å². The highest BCUT2D eigenvalue weighted by atomic mass is 35.5. The fraction of sp³-hybridized carbons (Fsp3) is 0.263. The number of anilines is 1. The average Bonchev–Trinajstić information content (AvgIpc) is 2.96. The van der Waals surface area contributed by atoms with E-state index < -0.39 is 5.54 Å². The maximum Gasteiger partial charge on any atom is 0.245 e. The van der Waals surface area contributed by atoms with Gasteiger partial charge in [0.05, 0.1) is 17.6 Å². The van der Waals surface area contributed by atoms with Crippen LogP contribution in [0, 0.1) is 6.92 Å². The molecule has 25 heavy (non-hydrogen) atoms. The van der Waals surface area contributed by atoms with Gasteiger partial charge >= 0.3 is 0 Å². The Kier molecular flexibility index (Phi) is 4.68. The highest BCUT2D eigenvalue weighted by Crippen LogP contribution is 2.18. The number of aromatic amines is 1. The number of imidazole rings is 1. The van der Waals surface area contributed by atoms with E-state index in [0.29, 0.717) is 17.4 Å². The minimum absolute atomic E-state index is 0.105. The molecule has 1 amide bonds. The van der Waals surface area contributed by atoms with Crippen LogP contribution in [-0.2, 0) is 11.3 Å². The maximum atomic E-state index is 12.5. The molecular weight excluding hydrogens is 336 g/mol. The maximum absolute atomic E-state index is 12.5. The molecule has 3 rings (SSSR count). The van der Waals surface area contributed by atoms with Crippen molar-refractivity contribution in [2.45, 2.75) is 32.9 Å². The lowest BCUT2D eigenvalue weighted by atomic mass is 10.0. The van der Waals surface area contributed by atoms with E-state index >= 15 is 0 Å². The van der Waals surface area contributed by atoms with Crippen LogP contribution in [0.25, 0.3) is 11.0 Å². The second-order valence-corrected chi connectivity index (χ2v) is 7.08. The Labute approximate surface area is 151 Å². The summed E-state index contributed by atoms with van der Waals surface area (Å²) < 4.78 is 0. The summed E-state index contributed by atoms with van der Waals surface area (Å²) in [7, 11) is 0. The van der Waals surface area contributed by atoms with Gasteiger partial charge in [0.2, 0.25) is 5.91 Å². The lowest BCUT2D eigenvalue weighted by molar-refractivity contribution is -0.124. The molecular formula is C19H21ClN4O. The minimum Gasteiger partial charge on any atom is -0.372 e. The number of nitrogens with zero attached hydrogens (tertiary/aromatic N) is 1. The van der Waals surface area contributed by atoms with Crippen molar-refractivity contribution in [2.75, 3.05) is 5.32 Å². The van der Waals surface area contributed by atoms with Gasteiger partial charge in [-0.05, 0) is 51.1 Å². The van der Waals surface area contributed by atoms with Crippen molar-refractivity contribution in [1.29, 1.82) is 0 Å². The number of benzene rings is 2. The zero-order valence-corrected chi connectivity index (χ0v) is 15.2. The predicted molar refractivity (Wildman–Crippen MR) is 102 cm³/mol. The van der Waals surface area contributed by atoms with E-state index in [1.165, 1.54) is 5.56 Å². The van der Waals surface area contributed by atoms with Crippen molar-refractivity contribution in [2.24, 2.45) is 0 Å². The first kappa shape index (κ1) is 17.3. The van der Waals surface area contributed by atoms with E-state index in [0.717, 1.165) is 16.7 Å². The molecule has 6 heteroatoms. The van der Waals surface area contributed by atoms with E-state index in [-0.39, 0.29) is 5.91 Å². The number of halogens is 1. The normalized spacial score (nSPS) is 11.5. The summed E-state index contributed by atoms with van der Waals surface area (Å²) in [4.78, 5) is 20.2. The predicted octanol–water partition coefficient (Wildman–Crippen LogP) is 4.03. The number of nitrogens with one attached hydrogen (secondary N) is 3. The van der Waals surface area contributed by atoms with Gasteiger partial charge in [-0.3, -0.25) is 4.79 Å². The number of carbonyl (C=O) groups excluding carboxylic acids is 1. The van der Waals surface area contributed by atoms with Crippen LogP contribution in [0.5, 0.6) is 0 Å². The third-order valence-electron chi connectivity index (χ3n) is 3.99. The number of fused-ring (bicyclic) bond motifs is 1. The molecule has 3 N–H and O–H groups in total. The Bertz CT molecular complexity index is 899. The third-order valence-corrected chi connectivity index (χ3v) is 4.22. The van der Waals surface area contributed by atoms with E-state index in [2.05, 4.69) is 20.6 Å². The first-order valence-corrected chi connectivity index (χ1v) is 8.48. The summed E-state index contributed by atoms with van der Waals surface area (Å²) in [6.07, 6.45) is 0. The van der Waals surface area contributed by atoms with Gasteiger partial charge < -0.3 is 15.6 Å². The van der Waals surface area contributed by atoms with Gasteiger partial charge in [0, 0.05) is 10.7 Å². The second-order valence-electron chi connectivity index (χ2n) is 6.64. The van der Waals surface area contributed by atoms with Crippen molar-refractivity contribution in [3.8, 4) is 0 Å². The standard InChI is InChI=1S/C19H21ClN4O/c1-12-4-7-14(8-5-12)24-19(2,3)18(25)21-11-17-22-15-9-6-13(20)10-16(15)23-17/h4-10,24H,11H2,1-3H3,(H,21,25)(H,22,23). The van der Waals surface area contributed by atoms with E-state index in [1.807, 2.05) is 57.2 Å². The minimum atomic E-state index is -0.745. The number of aryl methyl sites for hydroxylation is 1. The van der Waals surface area contributed by atoms with Gasteiger partial charge in [0.15, 0.2) is 0 Å². The van der Waals surface area contributed by atoms with E-state index in [1.54, 1.807) is 6.07 Å². The van der Waals surface area contributed by atoms with Gasteiger partial charge in [-0.1, -0.05) is 29.3 Å². The highest BCUT2D eigenvalue weighted by Gasteiger charge is 2.27. The molecule has 0 fully saturated rings.